The van der Waals surface area contributed by atoms with Gasteiger partial charge in [-0.15, -0.1) is 0 Å². The number of alkyl halides is 3. The summed E-state index contributed by atoms with van der Waals surface area (Å²) in [4.78, 5) is 12.6. The molecule has 1 aromatic rings. The number of amides is 1. The molecule has 0 aliphatic carbocycles. The Labute approximate surface area is 137 Å². The number of benzene rings is 1. The number of piperidine rings is 1. The summed E-state index contributed by atoms with van der Waals surface area (Å²) in [5, 5.41) is 9.25. The van der Waals surface area contributed by atoms with Crippen molar-refractivity contribution >= 4 is 16.2 Å². The minimum Gasteiger partial charge on any atom is -0.465 e. The van der Waals surface area contributed by atoms with Crippen molar-refractivity contribution in [3.05, 3.63) is 29.8 Å². The van der Waals surface area contributed by atoms with E-state index in [0.29, 0.717) is 24.4 Å². The Kier molecular flexibility index (Phi) is 4.97. The van der Waals surface area contributed by atoms with Crippen LogP contribution in [0.2, 0.25) is 0 Å². The fourth-order valence-corrected chi connectivity index (χ4v) is 3.06. The quantitative estimate of drug-likeness (QED) is 0.654. The van der Waals surface area contributed by atoms with Crippen LogP contribution in [0, 0.1) is 5.92 Å². The van der Waals surface area contributed by atoms with Crippen LogP contribution in [0.15, 0.2) is 24.3 Å². The van der Waals surface area contributed by atoms with Gasteiger partial charge in [-0.25, -0.2) is 4.79 Å². The number of nitrogens with zero attached hydrogens (tertiary/aromatic N) is 1. The van der Waals surface area contributed by atoms with Crippen LogP contribution in [0.25, 0.3) is 0 Å². The van der Waals surface area contributed by atoms with Crippen LogP contribution in [0.1, 0.15) is 31.4 Å². The predicted molar refractivity (Wildman–Crippen MR) is 77.9 cm³/mol. The highest BCUT2D eigenvalue weighted by Gasteiger charge is 2.48. The summed E-state index contributed by atoms with van der Waals surface area (Å²) in [6.07, 6.45) is 0.230. The molecule has 10 heteroatoms. The third-order valence-corrected chi connectivity index (χ3v) is 4.84. The average molecular weight is 367 g/mol. The Hall–Kier alpha value is -1.97. The molecule has 1 amide bonds. The highest BCUT2D eigenvalue weighted by atomic mass is 32.2. The summed E-state index contributed by atoms with van der Waals surface area (Å²) in [6.45, 7) is 2.35. The van der Waals surface area contributed by atoms with E-state index in [4.69, 9.17) is 0 Å². The molecule has 0 spiro atoms. The number of hydrogen-bond acceptors (Lipinski definition) is 4. The summed E-state index contributed by atoms with van der Waals surface area (Å²) in [6, 6.07) is 4.48. The van der Waals surface area contributed by atoms with Gasteiger partial charge in [0, 0.05) is 6.54 Å². The lowest BCUT2D eigenvalue weighted by Crippen LogP contribution is -2.39. The molecule has 6 nitrogen and oxygen atoms in total. The fraction of sp³-hybridized carbons (Fsp3) is 0.500. The molecule has 1 N–H and O–H groups in total. The Balaban J connectivity index is 2.20. The zero-order chi connectivity index (χ0) is 18.1. The van der Waals surface area contributed by atoms with E-state index in [1.807, 2.05) is 6.92 Å². The van der Waals surface area contributed by atoms with Crippen LogP contribution in [0.3, 0.4) is 0 Å². The molecular formula is C14H16F3NO5S. The van der Waals surface area contributed by atoms with Crippen LogP contribution in [-0.4, -0.2) is 36.6 Å². The van der Waals surface area contributed by atoms with E-state index < -0.39 is 33.5 Å². The molecule has 24 heavy (non-hydrogen) atoms. The second kappa shape index (κ2) is 6.50. The van der Waals surface area contributed by atoms with Gasteiger partial charge < -0.3 is 14.2 Å². The van der Waals surface area contributed by atoms with Crippen molar-refractivity contribution in [2.45, 2.75) is 31.3 Å². The Morgan fingerprint density at radius 1 is 1.29 bits per heavy atom. The van der Waals surface area contributed by atoms with Gasteiger partial charge in [0.05, 0.1) is 6.04 Å². The van der Waals surface area contributed by atoms with Gasteiger partial charge in [0.15, 0.2) is 0 Å². The summed E-state index contributed by atoms with van der Waals surface area (Å²) < 4.78 is 62.8. The summed E-state index contributed by atoms with van der Waals surface area (Å²) >= 11 is 0. The summed E-state index contributed by atoms with van der Waals surface area (Å²) in [5.41, 5.74) is -4.94. The maximum Gasteiger partial charge on any atom is 0.534 e. The molecular weight excluding hydrogens is 351 g/mol. The van der Waals surface area contributed by atoms with Crippen molar-refractivity contribution in [1.82, 2.24) is 4.90 Å². The zero-order valence-electron chi connectivity index (χ0n) is 12.7. The van der Waals surface area contributed by atoms with Crippen LogP contribution < -0.4 is 4.18 Å². The summed E-state index contributed by atoms with van der Waals surface area (Å²) in [7, 11) is -5.73. The maximum absolute atomic E-state index is 12.3. The van der Waals surface area contributed by atoms with Gasteiger partial charge in [0.1, 0.15) is 5.75 Å². The molecule has 1 heterocycles. The van der Waals surface area contributed by atoms with E-state index in [2.05, 4.69) is 4.18 Å². The molecule has 2 atom stereocenters. The first-order chi connectivity index (χ1) is 11.0. The van der Waals surface area contributed by atoms with Gasteiger partial charge in [-0.05, 0) is 36.5 Å². The molecule has 1 fully saturated rings. The Morgan fingerprint density at radius 2 is 1.88 bits per heavy atom. The van der Waals surface area contributed by atoms with E-state index in [1.54, 1.807) is 0 Å². The molecule has 1 aliphatic heterocycles. The van der Waals surface area contributed by atoms with Gasteiger partial charge in [-0.3, -0.25) is 0 Å². The first-order valence-corrected chi connectivity index (χ1v) is 8.52. The first kappa shape index (κ1) is 18.4. The van der Waals surface area contributed by atoms with E-state index in [-0.39, 0.29) is 0 Å². The second-order valence-electron chi connectivity index (χ2n) is 5.67. The van der Waals surface area contributed by atoms with Gasteiger partial charge in [0.2, 0.25) is 0 Å². The highest BCUT2D eigenvalue weighted by molar-refractivity contribution is 7.87. The SMILES string of the molecule is CC1CCN(C(=O)O)C(c2ccc(OS(=O)(=O)C(F)(F)F)cc2)C1. The number of carbonyl (C=O) groups is 1. The van der Waals surface area contributed by atoms with Crippen molar-refractivity contribution in [3.63, 3.8) is 0 Å². The molecule has 0 radical (unpaired) electrons. The molecule has 0 saturated carbocycles. The number of halogens is 3. The smallest absolute Gasteiger partial charge is 0.465 e. The van der Waals surface area contributed by atoms with Crippen molar-refractivity contribution in [2.24, 2.45) is 5.92 Å². The van der Waals surface area contributed by atoms with Crippen LogP contribution >= 0.6 is 0 Å². The van der Waals surface area contributed by atoms with Crippen LogP contribution in [0.5, 0.6) is 5.75 Å². The lowest BCUT2D eigenvalue weighted by atomic mass is 9.88. The average Bonchev–Trinajstić information content (AvgIpc) is 2.46. The first-order valence-electron chi connectivity index (χ1n) is 7.11. The molecule has 1 saturated heterocycles. The Bertz CT molecular complexity index is 702. The maximum atomic E-state index is 12.3. The van der Waals surface area contributed by atoms with Crippen molar-refractivity contribution in [2.75, 3.05) is 6.54 Å². The molecule has 1 aliphatic rings. The van der Waals surface area contributed by atoms with Gasteiger partial charge in [-0.2, -0.15) is 21.6 Å². The lowest BCUT2D eigenvalue weighted by Gasteiger charge is -2.37. The molecule has 0 bridgehead atoms. The summed E-state index contributed by atoms with van der Waals surface area (Å²) in [5.74, 6) is -0.186. The van der Waals surface area contributed by atoms with Gasteiger partial charge in [-0.1, -0.05) is 19.1 Å². The van der Waals surface area contributed by atoms with Crippen molar-refractivity contribution in [1.29, 1.82) is 0 Å². The molecule has 2 rings (SSSR count). The lowest BCUT2D eigenvalue weighted by molar-refractivity contribution is -0.0500. The monoisotopic (exact) mass is 367 g/mol. The molecule has 134 valence electrons. The molecule has 0 aromatic heterocycles. The number of carboxylic acid groups (broad SMARTS) is 1. The standard InChI is InChI=1S/C14H16F3NO5S/c1-9-6-7-18(13(19)20)12(8-9)10-2-4-11(5-3-10)23-24(21,22)14(15,16)17/h2-5,9,12H,6-8H2,1H3,(H,19,20). The molecule has 1 aromatic carbocycles. The fourth-order valence-electron chi connectivity index (χ4n) is 2.61. The number of rotatable bonds is 3. The third-order valence-electron chi connectivity index (χ3n) is 3.86. The van der Waals surface area contributed by atoms with Gasteiger partial charge in [0.25, 0.3) is 0 Å². The van der Waals surface area contributed by atoms with E-state index in [0.717, 1.165) is 18.6 Å². The predicted octanol–water partition coefficient (Wildman–Crippen LogP) is 3.37. The van der Waals surface area contributed by atoms with E-state index in [1.165, 1.54) is 17.0 Å². The highest BCUT2D eigenvalue weighted by Crippen LogP contribution is 2.35. The Morgan fingerprint density at radius 3 is 2.38 bits per heavy atom. The van der Waals surface area contributed by atoms with Crippen molar-refractivity contribution < 1.29 is 35.7 Å². The number of hydrogen-bond donors (Lipinski definition) is 1. The normalized spacial score (nSPS) is 22.2. The van der Waals surface area contributed by atoms with E-state index in [9.17, 15) is 31.5 Å². The zero-order valence-corrected chi connectivity index (χ0v) is 13.5. The third kappa shape index (κ3) is 3.92. The molecule has 2 unspecified atom stereocenters. The van der Waals surface area contributed by atoms with Crippen molar-refractivity contribution in [3.8, 4) is 5.75 Å². The van der Waals surface area contributed by atoms with Gasteiger partial charge >= 0.3 is 21.7 Å². The second-order valence-corrected chi connectivity index (χ2v) is 7.21. The number of likely N-dealkylation sites (tertiary alicyclic amines) is 1. The van der Waals surface area contributed by atoms with E-state index >= 15 is 0 Å². The largest absolute Gasteiger partial charge is 0.534 e. The minimum atomic E-state index is -5.73. The van der Waals surface area contributed by atoms with Crippen LogP contribution in [0.4, 0.5) is 18.0 Å². The van der Waals surface area contributed by atoms with Crippen LogP contribution in [-0.2, 0) is 10.1 Å². The topological polar surface area (TPSA) is 83.9 Å². The minimum absolute atomic E-state index is 0.298.